The molecule has 1 aliphatic rings. The molecule has 0 spiro atoms. The predicted octanol–water partition coefficient (Wildman–Crippen LogP) is 9.44. The number of benzene rings is 2. The van der Waals surface area contributed by atoms with Crippen molar-refractivity contribution in [1.29, 1.82) is 0 Å². The summed E-state index contributed by atoms with van der Waals surface area (Å²) in [6.07, 6.45) is 6.81. The van der Waals surface area contributed by atoms with Crippen molar-refractivity contribution in [2.75, 3.05) is 24.6 Å². The minimum atomic E-state index is -1.17. The zero-order valence-corrected chi connectivity index (χ0v) is 31.0. The Kier molecular flexibility index (Phi) is 10.9. The zero-order chi connectivity index (χ0) is 36.4. The molecule has 2 unspecified atom stereocenters. The summed E-state index contributed by atoms with van der Waals surface area (Å²) in [5.74, 6) is 0.602. The Labute approximate surface area is 297 Å². The van der Waals surface area contributed by atoms with Crippen LogP contribution in [0.15, 0.2) is 74.0 Å². The van der Waals surface area contributed by atoms with Gasteiger partial charge in [-0.15, -0.1) is 13.2 Å². The summed E-state index contributed by atoms with van der Waals surface area (Å²) in [5.41, 5.74) is 7.37. The second-order valence-electron chi connectivity index (χ2n) is 14.9. The topological polar surface area (TPSA) is 85.5 Å². The number of aliphatic carboxylic acids is 1. The minimum absolute atomic E-state index is 0.0103. The van der Waals surface area contributed by atoms with E-state index in [1.165, 1.54) is 11.1 Å². The van der Waals surface area contributed by atoms with Crippen LogP contribution in [0.2, 0.25) is 0 Å². The number of anilines is 1. The fourth-order valence-electron chi connectivity index (χ4n) is 6.67. The summed E-state index contributed by atoms with van der Waals surface area (Å²) in [4.78, 5) is 20.3. The lowest BCUT2D eigenvalue weighted by atomic mass is 9.92. The monoisotopic (exact) mass is 679 g/mol. The van der Waals surface area contributed by atoms with Crippen molar-refractivity contribution in [1.82, 2.24) is 9.38 Å². The van der Waals surface area contributed by atoms with Crippen LogP contribution in [0.5, 0.6) is 5.75 Å². The van der Waals surface area contributed by atoms with Crippen LogP contribution >= 0.6 is 0 Å². The molecule has 8 heteroatoms. The highest BCUT2D eigenvalue weighted by Crippen LogP contribution is 2.40. The van der Waals surface area contributed by atoms with Crippen LogP contribution in [0.25, 0.3) is 28.0 Å². The van der Waals surface area contributed by atoms with E-state index in [1.807, 2.05) is 56.5 Å². The van der Waals surface area contributed by atoms with Crippen LogP contribution in [0, 0.1) is 20.8 Å². The van der Waals surface area contributed by atoms with E-state index >= 15 is 0 Å². The first-order valence-electron chi connectivity index (χ1n) is 17.6. The second-order valence-corrected chi connectivity index (χ2v) is 14.9. The minimum Gasteiger partial charge on any atom is -0.490 e. The largest absolute Gasteiger partial charge is 0.490 e. The van der Waals surface area contributed by atoms with Gasteiger partial charge in [0.15, 0.2) is 6.10 Å². The average Bonchev–Trinajstić information content (AvgIpc) is 3.48. The molecule has 0 aliphatic carbocycles. The SMILES string of the molecule is C=CCOC1(C)CCN(c2c(C(OC(C)(C)C)C(=O)O)c(C)cc3nc(-c4cccc(-c5cc(C)c(C)cc5OC(C)CC=C)c4)cn23)CC1. The Hall–Kier alpha value is -4.40. The van der Waals surface area contributed by atoms with Gasteiger partial charge in [0, 0.05) is 42.4 Å². The molecule has 4 aromatic rings. The zero-order valence-electron chi connectivity index (χ0n) is 31.0. The van der Waals surface area contributed by atoms with Crippen LogP contribution in [-0.4, -0.2) is 57.5 Å². The Morgan fingerprint density at radius 3 is 2.34 bits per heavy atom. The number of ether oxygens (including phenoxy) is 3. The first kappa shape index (κ1) is 36.9. The van der Waals surface area contributed by atoms with Gasteiger partial charge in [0.2, 0.25) is 0 Å². The van der Waals surface area contributed by atoms with E-state index in [4.69, 9.17) is 19.2 Å². The number of fused-ring (bicyclic) bond motifs is 1. The summed E-state index contributed by atoms with van der Waals surface area (Å²) >= 11 is 0. The van der Waals surface area contributed by atoms with E-state index < -0.39 is 17.7 Å². The molecule has 0 amide bonds. The van der Waals surface area contributed by atoms with Gasteiger partial charge in [-0.05, 0) is 115 Å². The Morgan fingerprint density at radius 1 is 1.02 bits per heavy atom. The van der Waals surface area contributed by atoms with Gasteiger partial charge >= 0.3 is 5.97 Å². The highest BCUT2D eigenvalue weighted by molar-refractivity contribution is 5.81. The van der Waals surface area contributed by atoms with Crippen molar-refractivity contribution in [3.05, 3.63) is 96.2 Å². The van der Waals surface area contributed by atoms with Crippen molar-refractivity contribution < 1.29 is 24.1 Å². The third-order valence-corrected chi connectivity index (χ3v) is 9.49. The van der Waals surface area contributed by atoms with Gasteiger partial charge in [0.25, 0.3) is 0 Å². The van der Waals surface area contributed by atoms with E-state index in [-0.39, 0.29) is 11.7 Å². The maximum Gasteiger partial charge on any atom is 0.337 e. The molecule has 2 aromatic carbocycles. The van der Waals surface area contributed by atoms with Gasteiger partial charge in [0.1, 0.15) is 17.2 Å². The van der Waals surface area contributed by atoms with Crippen LogP contribution in [0.1, 0.15) is 82.2 Å². The van der Waals surface area contributed by atoms with Gasteiger partial charge in [-0.2, -0.15) is 0 Å². The molecule has 0 radical (unpaired) electrons. The highest BCUT2D eigenvalue weighted by Gasteiger charge is 2.37. The van der Waals surface area contributed by atoms with Crippen LogP contribution in [-0.2, 0) is 14.3 Å². The lowest BCUT2D eigenvalue weighted by Crippen LogP contribution is -2.45. The molecular formula is C42H53N3O5. The molecule has 0 saturated carbocycles. The number of piperidine rings is 1. The fourth-order valence-corrected chi connectivity index (χ4v) is 6.67. The maximum absolute atomic E-state index is 12.9. The number of aryl methyl sites for hydroxylation is 3. The number of carbonyl (C=O) groups is 1. The van der Waals surface area contributed by atoms with E-state index in [2.05, 4.69) is 76.1 Å². The van der Waals surface area contributed by atoms with Crippen LogP contribution in [0.3, 0.4) is 0 Å². The third kappa shape index (κ3) is 8.14. The molecule has 5 rings (SSSR count). The molecule has 3 heterocycles. The van der Waals surface area contributed by atoms with Crippen molar-refractivity contribution in [3.8, 4) is 28.1 Å². The molecule has 2 aromatic heterocycles. The number of hydrogen-bond acceptors (Lipinski definition) is 6. The third-order valence-electron chi connectivity index (χ3n) is 9.49. The van der Waals surface area contributed by atoms with E-state index in [0.29, 0.717) is 25.3 Å². The number of aromatic nitrogens is 2. The maximum atomic E-state index is 12.9. The van der Waals surface area contributed by atoms with Gasteiger partial charge < -0.3 is 24.2 Å². The number of hydrogen-bond donors (Lipinski definition) is 1. The standard InChI is InChI=1S/C42H53N3O5/c1-11-14-30(6)49-35-23-28(4)27(3)22-33(35)31-15-13-16-32(25-31)34-26-45-36(43-34)24-29(5)37(38(40(46)47)50-41(7,8)9)39(45)44-19-17-42(10,18-20-44)48-21-12-2/h11-13,15-16,22-26,30,38H,1-2,14,17-21H2,3-10H3,(H,46,47). The quantitative estimate of drug-likeness (QED) is 0.141. The molecule has 1 fully saturated rings. The summed E-state index contributed by atoms with van der Waals surface area (Å²) in [7, 11) is 0. The average molecular weight is 680 g/mol. The number of rotatable bonds is 13. The molecule has 50 heavy (non-hydrogen) atoms. The number of pyridine rings is 1. The molecule has 1 N–H and O–H groups in total. The normalized spacial score (nSPS) is 15.9. The molecule has 0 bridgehead atoms. The molecule has 2 atom stereocenters. The van der Waals surface area contributed by atoms with Gasteiger partial charge in [-0.3, -0.25) is 4.40 Å². The summed E-state index contributed by atoms with van der Waals surface area (Å²) in [6.45, 7) is 25.6. The van der Waals surface area contributed by atoms with Crippen molar-refractivity contribution in [2.45, 2.75) is 98.1 Å². The number of imidazole rings is 1. The number of carboxylic acids is 1. The Bertz CT molecular complexity index is 1880. The predicted molar refractivity (Wildman–Crippen MR) is 202 cm³/mol. The molecule has 1 saturated heterocycles. The van der Waals surface area contributed by atoms with E-state index in [9.17, 15) is 9.90 Å². The van der Waals surface area contributed by atoms with Gasteiger partial charge in [-0.25, -0.2) is 9.78 Å². The van der Waals surface area contributed by atoms with E-state index in [0.717, 1.165) is 64.4 Å². The van der Waals surface area contributed by atoms with Gasteiger partial charge in [0.05, 0.1) is 29.6 Å². The Morgan fingerprint density at radius 2 is 1.70 bits per heavy atom. The second kappa shape index (κ2) is 14.8. The number of carboxylic acid groups (broad SMARTS) is 1. The lowest BCUT2D eigenvalue weighted by molar-refractivity contribution is -0.160. The molecule has 8 nitrogen and oxygen atoms in total. The van der Waals surface area contributed by atoms with Crippen LogP contribution in [0.4, 0.5) is 5.82 Å². The fraction of sp³-hybridized carbons (Fsp3) is 0.429. The van der Waals surface area contributed by atoms with Crippen LogP contribution < -0.4 is 9.64 Å². The summed E-state index contributed by atoms with van der Waals surface area (Å²) in [6, 6.07) is 14.6. The highest BCUT2D eigenvalue weighted by atomic mass is 16.5. The Balaban J connectivity index is 1.64. The van der Waals surface area contributed by atoms with Crippen molar-refractivity contribution in [3.63, 3.8) is 0 Å². The summed E-state index contributed by atoms with van der Waals surface area (Å²) < 4.78 is 20.9. The summed E-state index contributed by atoms with van der Waals surface area (Å²) in [5, 5.41) is 10.5. The van der Waals surface area contributed by atoms with Gasteiger partial charge in [-0.1, -0.05) is 30.4 Å². The van der Waals surface area contributed by atoms with Crippen molar-refractivity contribution >= 4 is 17.4 Å². The van der Waals surface area contributed by atoms with E-state index in [1.54, 1.807) is 6.08 Å². The smallest absolute Gasteiger partial charge is 0.337 e. The molecule has 266 valence electrons. The first-order valence-corrected chi connectivity index (χ1v) is 17.6. The lowest BCUT2D eigenvalue weighted by Gasteiger charge is -2.41. The van der Waals surface area contributed by atoms with Crippen molar-refractivity contribution in [2.24, 2.45) is 0 Å². The molecular weight excluding hydrogens is 626 g/mol. The molecule has 1 aliphatic heterocycles. The number of nitrogens with zero attached hydrogens (tertiary/aromatic N) is 3. The first-order chi connectivity index (χ1) is 23.6.